The van der Waals surface area contributed by atoms with Crippen LogP contribution in [0.1, 0.15) is 33.3 Å². The zero-order valence-electron chi connectivity index (χ0n) is 13.1. The number of methoxy groups -OCH3 is 1. The summed E-state index contributed by atoms with van der Waals surface area (Å²) in [5.41, 5.74) is 0.269. The van der Waals surface area contributed by atoms with E-state index in [1.165, 1.54) is 7.11 Å². The van der Waals surface area contributed by atoms with Crippen LogP contribution in [0.3, 0.4) is 0 Å². The Morgan fingerprint density at radius 2 is 2.00 bits per heavy atom. The summed E-state index contributed by atoms with van der Waals surface area (Å²) in [6, 6.07) is 3.19. The van der Waals surface area contributed by atoms with Gasteiger partial charge in [0, 0.05) is 0 Å². The molecular formula is C15H23NO5. The minimum atomic E-state index is -0.672. The monoisotopic (exact) mass is 297 g/mol. The van der Waals surface area contributed by atoms with E-state index in [1.807, 2.05) is 0 Å². The molecule has 0 aliphatic carbocycles. The van der Waals surface area contributed by atoms with E-state index in [9.17, 15) is 15.0 Å². The third kappa shape index (κ3) is 5.51. The zero-order valence-corrected chi connectivity index (χ0v) is 13.1. The van der Waals surface area contributed by atoms with Crippen molar-refractivity contribution in [2.75, 3.05) is 12.4 Å². The van der Waals surface area contributed by atoms with Gasteiger partial charge in [0.2, 0.25) is 0 Å². The highest BCUT2D eigenvalue weighted by molar-refractivity contribution is 5.88. The van der Waals surface area contributed by atoms with E-state index < -0.39 is 17.8 Å². The van der Waals surface area contributed by atoms with Crippen molar-refractivity contribution in [3.8, 4) is 11.5 Å². The second-order valence-corrected chi connectivity index (χ2v) is 5.87. The van der Waals surface area contributed by atoms with Crippen LogP contribution in [0.5, 0.6) is 11.5 Å². The average Bonchev–Trinajstić information content (AvgIpc) is 2.29. The summed E-state index contributed by atoms with van der Waals surface area (Å²) in [6.45, 7) is 6.89. The lowest BCUT2D eigenvalue weighted by molar-refractivity contribution is 0.0635. The lowest BCUT2D eigenvalue weighted by atomic mass is 10.1. The fourth-order valence-corrected chi connectivity index (χ4v) is 1.79. The molecule has 1 unspecified atom stereocenters. The second-order valence-electron chi connectivity index (χ2n) is 5.87. The molecule has 0 saturated carbocycles. The van der Waals surface area contributed by atoms with Gasteiger partial charge in [-0.2, -0.15) is 0 Å². The molecule has 0 aliphatic heterocycles. The van der Waals surface area contributed by atoms with Crippen LogP contribution in [0.15, 0.2) is 12.1 Å². The Morgan fingerprint density at radius 3 is 2.48 bits per heavy atom. The maximum atomic E-state index is 11.8. The first-order valence-corrected chi connectivity index (χ1v) is 6.70. The molecule has 6 nitrogen and oxygen atoms in total. The van der Waals surface area contributed by atoms with Crippen LogP contribution in [-0.2, 0) is 11.2 Å². The Morgan fingerprint density at radius 1 is 1.38 bits per heavy atom. The first-order valence-electron chi connectivity index (χ1n) is 6.70. The molecule has 1 atom stereocenters. The lowest BCUT2D eigenvalue weighted by Gasteiger charge is -2.20. The van der Waals surface area contributed by atoms with Crippen molar-refractivity contribution < 1.29 is 24.5 Å². The molecule has 0 spiro atoms. The molecule has 1 rings (SSSR count). The van der Waals surface area contributed by atoms with Gasteiger partial charge in [-0.1, -0.05) is 0 Å². The Balaban J connectivity index is 3.02. The smallest absolute Gasteiger partial charge is 0.412 e. The van der Waals surface area contributed by atoms with Crippen molar-refractivity contribution in [2.45, 2.75) is 45.8 Å². The van der Waals surface area contributed by atoms with Crippen LogP contribution in [0.4, 0.5) is 10.5 Å². The Bertz CT molecular complexity index is 506. The van der Waals surface area contributed by atoms with E-state index >= 15 is 0 Å². The van der Waals surface area contributed by atoms with Crippen molar-refractivity contribution in [2.24, 2.45) is 0 Å². The summed E-state index contributed by atoms with van der Waals surface area (Å²) in [4.78, 5) is 11.8. The third-order valence-corrected chi connectivity index (χ3v) is 2.52. The van der Waals surface area contributed by atoms with Gasteiger partial charge in [0.15, 0.2) is 11.5 Å². The number of benzene rings is 1. The number of carbonyl (C=O) groups is 1. The Kier molecular flexibility index (Phi) is 5.43. The summed E-state index contributed by atoms with van der Waals surface area (Å²) in [5, 5.41) is 22.0. The number of anilines is 1. The molecule has 0 radical (unpaired) electrons. The summed E-state index contributed by atoms with van der Waals surface area (Å²) in [5.74, 6) is 0.0388. The van der Waals surface area contributed by atoms with Gasteiger partial charge in [0.1, 0.15) is 5.60 Å². The largest absolute Gasteiger partial charge is 0.503 e. The van der Waals surface area contributed by atoms with Crippen LogP contribution in [0, 0.1) is 0 Å². The molecular weight excluding hydrogens is 274 g/mol. The Hall–Kier alpha value is -1.95. The van der Waals surface area contributed by atoms with Crippen LogP contribution >= 0.6 is 0 Å². The highest BCUT2D eigenvalue weighted by atomic mass is 16.6. The summed E-state index contributed by atoms with van der Waals surface area (Å²) < 4.78 is 10.2. The number of hydrogen-bond donors (Lipinski definition) is 3. The molecule has 0 saturated heterocycles. The highest BCUT2D eigenvalue weighted by Crippen LogP contribution is 2.36. The predicted molar refractivity (Wildman–Crippen MR) is 79.9 cm³/mol. The Labute approximate surface area is 124 Å². The number of hydrogen-bond acceptors (Lipinski definition) is 5. The standard InChI is InChI=1S/C15H23NO5/c1-9(17)6-10-7-11(13(18)12(8-10)20-5)16-14(19)21-15(2,3)4/h7-9,17-18H,6H2,1-5H3,(H,16,19). The quantitative estimate of drug-likeness (QED) is 0.744. The number of rotatable bonds is 4. The summed E-state index contributed by atoms with van der Waals surface area (Å²) in [6.07, 6.45) is -0.845. The summed E-state index contributed by atoms with van der Waals surface area (Å²) >= 11 is 0. The van der Waals surface area contributed by atoms with E-state index in [0.717, 1.165) is 5.56 Å². The number of amides is 1. The van der Waals surface area contributed by atoms with Crippen LogP contribution < -0.4 is 10.1 Å². The topological polar surface area (TPSA) is 88.0 Å². The number of nitrogens with one attached hydrogen (secondary N) is 1. The zero-order chi connectivity index (χ0) is 16.2. The normalized spacial score (nSPS) is 12.7. The molecule has 0 aliphatic rings. The molecule has 0 heterocycles. The van der Waals surface area contributed by atoms with Crippen molar-refractivity contribution in [1.82, 2.24) is 0 Å². The van der Waals surface area contributed by atoms with E-state index in [4.69, 9.17) is 9.47 Å². The number of aliphatic hydroxyl groups excluding tert-OH is 1. The lowest BCUT2D eigenvalue weighted by Crippen LogP contribution is -2.27. The van der Waals surface area contributed by atoms with Gasteiger partial charge in [-0.05, 0) is 51.8 Å². The third-order valence-electron chi connectivity index (χ3n) is 2.52. The molecule has 118 valence electrons. The number of phenolic OH excluding ortho intramolecular Hbond substituents is 1. The average molecular weight is 297 g/mol. The van der Waals surface area contributed by atoms with E-state index in [-0.39, 0.29) is 17.2 Å². The molecule has 6 heteroatoms. The van der Waals surface area contributed by atoms with E-state index in [0.29, 0.717) is 6.42 Å². The minimum absolute atomic E-state index is 0.180. The highest BCUT2D eigenvalue weighted by Gasteiger charge is 2.19. The molecule has 0 fully saturated rings. The van der Waals surface area contributed by atoms with E-state index in [1.54, 1.807) is 39.8 Å². The van der Waals surface area contributed by atoms with Gasteiger partial charge in [0.05, 0.1) is 18.9 Å². The first kappa shape index (κ1) is 17.1. The van der Waals surface area contributed by atoms with Crippen LogP contribution in [0.25, 0.3) is 0 Å². The molecule has 1 amide bonds. The summed E-state index contributed by atoms with van der Waals surface area (Å²) in [7, 11) is 1.42. The van der Waals surface area contributed by atoms with Crippen molar-refractivity contribution >= 4 is 11.8 Å². The van der Waals surface area contributed by atoms with Gasteiger partial charge >= 0.3 is 6.09 Å². The minimum Gasteiger partial charge on any atom is -0.503 e. The van der Waals surface area contributed by atoms with Crippen molar-refractivity contribution in [1.29, 1.82) is 0 Å². The molecule has 1 aromatic carbocycles. The van der Waals surface area contributed by atoms with Crippen LogP contribution in [0.2, 0.25) is 0 Å². The van der Waals surface area contributed by atoms with E-state index in [2.05, 4.69) is 5.32 Å². The number of phenols is 1. The number of carbonyl (C=O) groups excluding carboxylic acids is 1. The van der Waals surface area contributed by atoms with Gasteiger partial charge in [0.25, 0.3) is 0 Å². The fourth-order valence-electron chi connectivity index (χ4n) is 1.79. The SMILES string of the molecule is COc1cc(CC(C)O)cc(NC(=O)OC(C)(C)C)c1O. The van der Waals surface area contributed by atoms with Crippen molar-refractivity contribution in [3.63, 3.8) is 0 Å². The maximum Gasteiger partial charge on any atom is 0.412 e. The fraction of sp³-hybridized carbons (Fsp3) is 0.533. The van der Waals surface area contributed by atoms with Gasteiger partial charge in [-0.25, -0.2) is 4.79 Å². The second kappa shape index (κ2) is 6.67. The molecule has 1 aromatic rings. The molecule has 0 aromatic heterocycles. The van der Waals surface area contributed by atoms with Gasteiger partial charge in [-0.3, -0.25) is 5.32 Å². The molecule has 0 bridgehead atoms. The number of aromatic hydroxyl groups is 1. The molecule has 3 N–H and O–H groups in total. The number of ether oxygens (including phenoxy) is 2. The number of aliphatic hydroxyl groups is 1. The first-order chi connectivity index (χ1) is 9.62. The van der Waals surface area contributed by atoms with Gasteiger partial charge < -0.3 is 19.7 Å². The van der Waals surface area contributed by atoms with Crippen molar-refractivity contribution in [3.05, 3.63) is 17.7 Å². The maximum absolute atomic E-state index is 11.8. The molecule has 21 heavy (non-hydrogen) atoms. The van der Waals surface area contributed by atoms with Crippen LogP contribution in [-0.4, -0.2) is 35.1 Å². The van der Waals surface area contributed by atoms with Gasteiger partial charge in [-0.15, -0.1) is 0 Å². The predicted octanol–water partition coefficient (Wildman–Crippen LogP) is 2.67.